The minimum Gasteiger partial charge on any atom is -0.381 e. The first-order chi connectivity index (χ1) is 7.36. The number of rotatable bonds is 3. The van der Waals surface area contributed by atoms with Crippen molar-refractivity contribution in [3.63, 3.8) is 0 Å². The molecule has 2 fully saturated rings. The summed E-state index contributed by atoms with van der Waals surface area (Å²) in [6, 6.07) is 0. The van der Waals surface area contributed by atoms with E-state index in [1.165, 1.54) is 0 Å². The fourth-order valence-electron chi connectivity index (χ4n) is 2.21. The first-order valence-electron chi connectivity index (χ1n) is 5.92. The molecule has 86 valence electrons. The molecule has 4 nitrogen and oxygen atoms in total. The summed E-state index contributed by atoms with van der Waals surface area (Å²) in [7, 11) is 0. The van der Waals surface area contributed by atoms with E-state index in [9.17, 15) is 4.79 Å². The summed E-state index contributed by atoms with van der Waals surface area (Å²) in [5.74, 6) is 0.931. The van der Waals surface area contributed by atoms with Crippen LogP contribution in [0.3, 0.4) is 0 Å². The van der Waals surface area contributed by atoms with Crippen LogP contribution >= 0.6 is 0 Å². The molecule has 2 aliphatic rings. The zero-order valence-corrected chi connectivity index (χ0v) is 9.13. The molecule has 2 N–H and O–H groups in total. The Balaban J connectivity index is 1.66. The highest BCUT2D eigenvalue weighted by Gasteiger charge is 2.22. The van der Waals surface area contributed by atoms with Gasteiger partial charge in [0.05, 0.1) is 12.5 Å². The van der Waals surface area contributed by atoms with Crippen LogP contribution in [-0.2, 0) is 9.53 Å². The van der Waals surface area contributed by atoms with Gasteiger partial charge >= 0.3 is 0 Å². The summed E-state index contributed by atoms with van der Waals surface area (Å²) in [5, 5.41) is 6.29. The molecule has 2 heterocycles. The molecule has 0 radical (unpaired) electrons. The summed E-state index contributed by atoms with van der Waals surface area (Å²) < 4.78 is 5.27. The van der Waals surface area contributed by atoms with E-state index >= 15 is 0 Å². The fraction of sp³-hybridized carbons (Fsp3) is 0.909. The van der Waals surface area contributed by atoms with Gasteiger partial charge in [-0.05, 0) is 25.8 Å². The molecular weight excluding hydrogens is 192 g/mol. The third kappa shape index (κ3) is 3.18. The average molecular weight is 212 g/mol. The van der Waals surface area contributed by atoms with Crippen LogP contribution in [-0.4, -0.2) is 38.8 Å². The maximum Gasteiger partial charge on any atom is 0.224 e. The van der Waals surface area contributed by atoms with Crippen molar-refractivity contribution in [3.8, 4) is 0 Å². The van der Waals surface area contributed by atoms with Crippen LogP contribution in [0.15, 0.2) is 0 Å². The van der Waals surface area contributed by atoms with E-state index in [1.807, 2.05) is 0 Å². The third-order valence-electron chi connectivity index (χ3n) is 3.26. The van der Waals surface area contributed by atoms with Crippen LogP contribution in [0.25, 0.3) is 0 Å². The van der Waals surface area contributed by atoms with Crippen molar-refractivity contribution >= 4 is 5.91 Å². The van der Waals surface area contributed by atoms with Gasteiger partial charge in [0, 0.05) is 25.6 Å². The number of carbonyl (C=O) groups is 1. The van der Waals surface area contributed by atoms with Crippen LogP contribution in [0.5, 0.6) is 0 Å². The van der Waals surface area contributed by atoms with Gasteiger partial charge in [-0.1, -0.05) is 0 Å². The van der Waals surface area contributed by atoms with E-state index in [2.05, 4.69) is 10.6 Å². The molecule has 0 bridgehead atoms. The first kappa shape index (κ1) is 10.9. The summed E-state index contributed by atoms with van der Waals surface area (Å²) in [6.07, 6.45) is 3.23. The highest BCUT2D eigenvalue weighted by Crippen LogP contribution is 2.13. The molecule has 0 aromatic heterocycles. The highest BCUT2D eigenvalue weighted by atomic mass is 16.5. The molecule has 2 saturated heterocycles. The van der Waals surface area contributed by atoms with Crippen molar-refractivity contribution in [2.75, 3.05) is 32.8 Å². The van der Waals surface area contributed by atoms with Gasteiger partial charge in [0.15, 0.2) is 0 Å². The predicted octanol–water partition coefficient (Wildman–Crippen LogP) is 0.139. The van der Waals surface area contributed by atoms with Gasteiger partial charge in [-0.25, -0.2) is 0 Å². The lowest BCUT2D eigenvalue weighted by Gasteiger charge is -2.22. The van der Waals surface area contributed by atoms with Gasteiger partial charge < -0.3 is 15.4 Å². The van der Waals surface area contributed by atoms with Crippen LogP contribution in [0, 0.1) is 11.8 Å². The second kappa shape index (κ2) is 5.47. The normalized spacial score (nSPS) is 31.5. The first-order valence-corrected chi connectivity index (χ1v) is 5.92. The largest absolute Gasteiger partial charge is 0.381 e. The Labute approximate surface area is 90.8 Å². The fourth-order valence-corrected chi connectivity index (χ4v) is 2.21. The van der Waals surface area contributed by atoms with E-state index in [0.29, 0.717) is 5.92 Å². The molecule has 0 saturated carbocycles. The molecule has 4 heteroatoms. The lowest BCUT2D eigenvalue weighted by molar-refractivity contribution is -0.125. The van der Waals surface area contributed by atoms with E-state index in [0.717, 1.165) is 52.1 Å². The molecule has 1 amide bonds. The molecule has 2 rings (SSSR count). The third-order valence-corrected chi connectivity index (χ3v) is 3.26. The maximum atomic E-state index is 11.8. The SMILES string of the molecule is O=C(NCC1CCOC1)[C@H]1CCCNC1. The molecule has 0 aliphatic carbocycles. The molecule has 1 unspecified atom stereocenters. The lowest BCUT2D eigenvalue weighted by atomic mass is 9.98. The monoisotopic (exact) mass is 212 g/mol. The molecule has 0 aromatic carbocycles. The maximum absolute atomic E-state index is 11.8. The van der Waals surface area contributed by atoms with Crippen molar-refractivity contribution in [3.05, 3.63) is 0 Å². The van der Waals surface area contributed by atoms with Crippen LogP contribution < -0.4 is 10.6 Å². The van der Waals surface area contributed by atoms with Crippen molar-refractivity contribution in [2.45, 2.75) is 19.3 Å². The zero-order valence-electron chi connectivity index (χ0n) is 9.13. The molecule has 0 spiro atoms. The summed E-state index contributed by atoms with van der Waals surface area (Å²) in [6.45, 7) is 4.34. The van der Waals surface area contributed by atoms with Gasteiger partial charge in [-0.2, -0.15) is 0 Å². The Hall–Kier alpha value is -0.610. The second-order valence-corrected chi connectivity index (χ2v) is 4.52. The Kier molecular flexibility index (Phi) is 3.97. The predicted molar refractivity (Wildman–Crippen MR) is 57.5 cm³/mol. The van der Waals surface area contributed by atoms with Crippen LogP contribution in [0.4, 0.5) is 0 Å². The highest BCUT2D eigenvalue weighted by molar-refractivity contribution is 5.78. The molecular formula is C11H20N2O2. The second-order valence-electron chi connectivity index (χ2n) is 4.52. The average Bonchev–Trinajstić information content (AvgIpc) is 2.80. The zero-order chi connectivity index (χ0) is 10.5. The van der Waals surface area contributed by atoms with Crippen molar-refractivity contribution in [1.82, 2.24) is 10.6 Å². The summed E-state index contributed by atoms with van der Waals surface area (Å²) >= 11 is 0. The molecule has 0 aromatic rings. The Bertz CT molecular complexity index is 209. The van der Waals surface area contributed by atoms with Crippen LogP contribution in [0.1, 0.15) is 19.3 Å². The minimum absolute atomic E-state index is 0.182. The standard InChI is InChI=1S/C11H20N2O2/c14-11(10-2-1-4-12-7-10)13-6-9-3-5-15-8-9/h9-10,12H,1-8H2,(H,13,14)/t9?,10-/m0/s1. The smallest absolute Gasteiger partial charge is 0.224 e. The van der Waals surface area contributed by atoms with Gasteiger partial charge in [-0.15, -0.1) is 0 Å². The van der Waals surface area contributed by atoms with E-state index < -0.39 is 0 Å². The number of ether oxygens (including phenoxy) is 1. The number of nitrogens with one attached hydrogen (secondary N) is 2. The number of hydrogen-bond acceptors (Lipinski definition) is 3. The Morgan fingerprint density at radius 1 is 1.47 bits per heavy atom. The van der Waals surface area contributed by atoms with Crippen molar-refractivity contribution < 1.29 is 9.53 Å². The topological polar surface area (TPSA) is 50.4 Å². The van der Waals surface area contributed by atoms with Crippen molar-refractivity contribution in [2.24, 2.45) is 11.8 Å². The Morgan fingerprint density at radius 3 is 3.07 bits per heavy atom. The number of hydrogen-bond donors (Lipinski definition) is 2. The number of carbonyl (C=O) groups excluding carboxylic acids is 1. The molecule has 15 heavy (non-hydrogen) atoms. The van der Waals surface area contributed by atoms with E-state index in [1.54, 1.807) is 0 Å². The van der Waals surface area contributed by atoms with Gasteiger partial charge in [0.2, 0.25) is 5.91 Å². The van der Waals surface area contributed by atoms with E-state index in [4.69, 9.17) is 4.74 Å². The van der Waals surface area contributed by atoms with Gasteiger partial charge in [-0.3, -0.25) is 4.79 Å². The molecule has 2 atom stereocenters. The number of piperidine rings is 1. The lowest BCUT2D eigenvalue weighted by Crippen LogP contribution is -2.42. The van der Waals surface area contributed by atoms with Gasteiger partial charge in [0.25, 0.3) is 0 Å². The molecule has 2 aliphatic heterocycles. The van der Waals surface area contributed by atoms with E-state index in [-0.39, 0.29) is 11.8 Å². The Morgan fingerprint density at radius 2 is 2.40 bits per heavy atom. The number of amides is 1. The van der Waals surface area contributed by atoms with Crippen LogP contribution in [0.2, 0.25) is 0 Å². The minimum atomic E-state index is 0.182. The van der Waals surface area contributed by atoms with Gasteiger partial charge in [0.1, 0.15) is 0 Å². The summed E-state index contributed by atoms with van der Waals surface area (Å²) in [4.78, 5) is 11.8. The quantitative estimate of drug-likeness (QED) is 0.699. The van der Waals surface area contributed by atoms with Crippen molar-refractivity contribution in [1.29, 1.82) is 0 Å². The summed E-state index contributed by atoms with van der Waals surface area (Å²) in [5.41, 5.74) is 0.